The normalized spacial score (nSPS) is 11.5. The molecule has 0 fully saturated rings. The predicted molar refractivity (Wildman–Crippen MR) is 95.9 cm³/mol. The second-order valence-corrected chi connectivity index (χ2v) is 6.12. The maximum atomic E-state index is 11.9. The van der Waals surface area contributed by atoms with Crippen LogP contribution in [0.4, 0.5) is 0 Å². The summed E-state index contributed by atoms with van der Waals surface area (Å²) < 4.78 is 10.1. The largest absolute Gasteiger partial charge is 0.482 e. The zero-order valence-corrected chi connectivity index (χ0v) is 15.0. The van der Waals surface area contributed by atoms with Crippen molar-refractivity contribution in [1.29, 1.82) is 0 Å². The van der Waals surface area contributed by atoms with Gasteiger partial charge in [0.2, 0.25) is 0 Å². The van der Waals surface area contributed by atoms with Crippen molar-refractivity contribution in [2.24, 2.45) is 0 Å². The number of ether oxygens (including phenoxy) is 2. The molecule has 7 heteroatoms. The van der Waals surface area contributed by atoms with Gasteiger partial charge in [-0.05, 0) is 48.9 Å². The number of amides is 1. The van der Waals surface area contributed by atoms with E-state index in [1.54, 1.807) is 42.5 Å². The zero-order chi connectivity index (χ0) is 18.2. The molecule has 2 aromatic rings. The van der Waals surface area contributed by atoms with Gasteiger partial charge < -0.3 is 14.8 Å². The van der Waals surface area contributed by atoms with Gasteiger partial charge in [0.25, 0.3) is 5.91 Å². The van der Waals surface area contributed by atoms with Crippen molar-refractivity contribution in [2.45, 2.75) is 13.0 Å². The number of nitrogens with one attached hydrogen (secondary N) is 1. The number of halogens is 2. The summed E-state index contributed by atoms with van der Waals surface area (Å²) in [6, 6.07) is 13.5. The van der Waals surface area contributed by atoms with Crippen LogP contribution in [0.25, 0.3) is 0 Å². The average Bonchev–Trinajstić information content (AvgIpc) is 2.59. The first kappa shape index (κ1) is 19.1. The molecule has 0 bridgehead atoms. The number of benzene rings is 2. The molecule has 0 heterocycles. The molecular weight excluding hydrogens is 365 g/mol. The molecule has 0 aliphatic carbocycles. The van der Waals surface area contributed by atoms with Gasteiger partial charge in [-0.15, -0.1) is 0 Å². The minimum Gasteiger partial charge on any atom is -0.482 e. The van der Waals surface area contributed by atoms with Crippen LogP contribution in [-0.2, 0) is 14.3 Å². The Labute approximate surface area is 155 Å². The van der Waals surface area contributed by atoms with E-state index in [1.807, 2.05) is 13.0 Å². The lowest BCUT2D eigenvalue weighted by atomic mass is 10.1. The summed E-state index contributed by atoms with van der Waals surface area (Å²) in [4.78, 5) is 23.5. The molecule has 2 rings (SSSR count). The zero-order valence-electron chi connectivity index (χ0n) is 13.5. The summed E-state index contributed by atoms with van der Waals surface area (Å²) in [5.41, 5.74) is 0.859. The number of carbonyl (C=O) groups excluding carboxylic acids is 2. The minimum atomic E-state index is -0.638. The Morgan fingerprint density at radius 1 is 1.04 bits per heavy atom. The number of hydrogen-bond acceptors (Lipinski definition) is 4. The highest BCUT2D eigenvalue weighted by atomic mass is 35.5. The highest BCUT2D eigenvalue weighted by Gasteiger charge is 2.12. The second-order valence-electron chi connectivity index (χ2n) is 5.25. The quantitative estimate of drug-likeness (QED) is 0.740. The number of esters is 1. The fraction of sp³-hybridized carbons (Fsp3) is 0.222. The molecule has 132 valence electrons. The third-order valence-corrected chi connectivity index (χ3v) is 3.75. The molecule has 1 amide bonds. The Morgan fingerprint density at radius 2 is 1.76 bits per heavy atom. The maximum Gasteiger partial charge on any atom is 0.344 e. The van der Waals surface area contributed by atoms with Crippen LogP contribution in [0.1, 0.15) is 18.5 Å². The molecular formula is C18H17Cl2NO4. The van der Waals surface area contributed by atoms with Crippen molar-refractivity contribution >= 4 is 35.1 Å². The van der Waals surface area contributed by atoms with Gasteiger partial charge in [-0.3, -0.25) is 4.79 Å². The van der Waals surface area contributed by atoms with E-state index in [4.69, 9.17) is 32.7 Å². The first-order chi connectivity index (χ1) is 11.9. The summed E-state index contributed by atoms with van der Waals surface area (Å²) >= 11 is 11.7. The van der Waals surface area contributed by atoms with Crippen molar-refractivity contribution in [1.82, 2.24) is 5.32 Å². The van der Waals surface area contributed by atoms with Gasteiger partial charge in [-0.2, -0.15) is 0 Å². The van der Waals surface area contributed by atoms with Crippen LogP contribution in [0.5, 0.6) is 5.75 Å². The highest BCUT2D eigenvalue weighted by molar-refractivity contribution is 6.30. The number of hydrogen-bond donors (Lipinski definition) is 1. The Hall–Kier alpha value is -2.24. The molecule has 0 unspecified atom stereocenters. The Kier molecular flexibility index (Phi) is 7.10. The molecule has 1 atom stereocenters. The van der Waals surface area contributed by atoms with Crippen molar-refractivity contribution in [3.05, 3.63) is 64.1 Å². The van der Waals surface area contributed by atoms with Gasteiger partial charge in [0, 0.05) is 10.0 Å². The van der Waals surface area contributed by atoms with Gasteiger partial charge in [-0.1, -0.05) is 35.3 Å². The second kappa shape index (κ2) is 9.30. The van der Waals surface area contributed by atoms with Crippen molar-refractivity contribution in [3.8, 4) is 5.75 Å². The first-order valence-electron chi connectivity index (χ1n) is 7.53. The highest BCUT2D eigenvalue weighted by Crippen LogP contribution is 2.17. The van der Waals surface area contributed by atoms with Crippen LogP contribution < -0.4 is 10.1 Å². The molecule has 5 nitrogen and oxygen atoms in total. The summed E-state index contributed by atoms with van der Waals surface area (Å²) in [5.74, 6) is -0.562. The molecule has 0 saturated heterocycles. The van der Waals surface area contributed by atoms with Crippen molar-refractivity contribution < 1.29 is 19.1 Å². The SMILES string of the molecule is C[C@H](NC(=O)COC(=O)COc1ccc(Cl)cc1)c1cccc(Cl)c1. The average molecular weight is 382 g/mol. The van der Waals surface area contributed by atoms with E-state index < -0.39 is 11.9 Å². The molecule has 0 radical (unpaired) electrons. The summed E-state index contributed by atoms with van der Waals surface area (Å²) in [5, 5.41) is 3.89. The maximum absolute atomic E-state index is 11.9. The summed E-state index contributed by atoms with van der Waals surface area (Å²) in [7, 11) is 0. The Bertz CT molecular complexity index is 734. The van der Waals surface area contributed by atoms with E-state index in [0.717, 1.165) is 5.56 Å². The Balaban J connectivity index is 1.71. The van der Waals surface area contributed by atoms with Crippen LogP contribution in [-0.4, -0.2) is 25.1 Å². The lowest BCUT2D eigenvalue weighted by Gasteiger charge is -2.14. The minimum absolute atomic E-state index is 0.254. The van der Waals surface area contributed by atoms with Crippen LogP contribution in [0, 0.1) is 0 Å². The summed E-state index contributed by atoms with van der Waals surface area (Å²) in [6.07, 6.45) is 0. The monoisotopic (exact) mass is 381 g/mol. The van der Waals surface area contributed by atoms with Crippen LogP contribution in [0.2, 0.25) is 10.0 Å². The predicted octanol–water partition coefficient (Wildman–Crippen LogP) is 3.79. The van der Waals surface area contributed by atoms with E-state index in [0.29, 0.717) is 15.8 Å². The molecule has 0 aliphatic rings. The Morgan fingerprint density at radius 3 is 2.44 bits per heavy atom. The van der Waals surface area contributed by atoms with E-state index >= 15 is 0 Å². The van der Waals surface area contributed by atoms with Crippen LogP contribution >= 0.6 is 23.2 Å². The molecule has 0 aliphatic heterocycles. The van der Waals surface area contributed by atoms with Crippen LogP contribution in [0.15, 0.2) is 48.5 Å². The first-order valence-corrected chi connectivity index (χ1v) is 8.28. The number of rotatable bonds is 7. The molecule has 25 heavy (non-hydrogen) atoms. The van der Waals surface area contributed by atoms with Gasteiger partial charge in [0.05, 0.1) is 6.04 Å². The van der Waals surface area contributed by atoms with Crippen molar-refractivity contribution in [2.75, 3.05) is 13.2 Å². The lowest BCUT2D eigenvalue weighted by molar-refractivity contribution is -0.150. The molecule has 2 aromatic carbocycles. The molecule has 0 aromatic heterocycles. The fourth-order valence-corrected chi connectivity index (χ4v) is 2.33. The van der Waals surface area contributed by atoms with Gasteiger partial charge in [0.15, 0.2) is 13.2 Å². The van der Waals surface area contributed by atoms with E-state index in [2.05, 4.69) is 5.32 Å². The number of carbonyl (C=O) groups is 2. The molecule has 0 spiro atoms. The van der Waals surface area contributed by atoms with Crippen molar-refractivity contribution in [3.63, 3.8) is 0 Å². The van der Waals surface area contributed by atoms with Gasteiger partial charge >= 0.3 is 5.97 Å². The lowest BCUT2D eigenvalue weighted by Crippen LogP contribution is -2.31. The topological polar surface area (TPSA) is 64.6 Å². The third-order valence-electron chi connectivity index (χ3n) is 3.26. The van der Waals surface area contributed by atoms with Gasteiger partial charge in [-0.25, -0.2) is 4.79 Å². The molecule has 1 N–H and O–H groups in total. The van der Waals surface area contributed by atoms with Crippen LogP contribution in [0.3, 0.4) is 0 Å². The van der Waals surface area contributed by atoms with E-state index in [1.165, 1.54) is 0 Å². The third kappa shape index (κ3) is 6.64. The van der Waals surface area contributed by atoms with E-state index in [-0.39, 0.29) is 19.3 Å². The summed E-state index contributed by atoms with van der Waals surface area (Å²) in [6.45, 7) is 1.14. The fourth-order valence-electron chi connectivity index (χ4n) is 2.00. The van der Waals surface area contributed by atoms with E-state index in [9.17, 15) is 9.59 Å². The smallest absolute Gasteiger partial charge is 0.344 e. The standard InChI is InChI=1S/C18H17Cl2NO4/c1-12(13-3-2-4-15(20)9-13)21-17(22)10-25-18(23)11-24-16-7-5-14(19)6-8-16/h2-9,12H,10-11H2,1H3,(H,21,22)/t12-/m0/s1. The molecule has 0 saturated carbocycles. The van der Waals surface area contributed by atoms with Gasteiger partial charge in [0.1, 0.15) is 5.75 Å².